The minimum atomic E-state index is -0.878. The van der Waals surface area contributed by atoms with Crippen molar-refractivity contribution >= 4 is 17.8 Å². The summed E-state index contributed by atoms with van der Waals surface area (Å²) >= 11 is 0. The molecule has 5 saturated carbocycles. The van der Waals surface area contributed by atoms with Crippen molar-refractivity contribution in [3.63, 3.8) is 0 Å². The number of allylic oxidation sites excluding steroid dienone is 1. The molecule has 7 aliphatic rings. The maximum atomic E-state index is 14.1. The number of carbonyl (C=O) groups excluding carboxylic acids is 2. The topological polar surface area (TPSA) is 95.9 Å². The number of nitrogens with one attached hydrogen (secondary N) is 1. The number of carboxylic acid groups (broad SMARTS) is 1. The van der Waals surface area contributed by atoms with Gasteiger partial charge >= 0.3 is 11.9 Å². The van der Waals surface area contributed by atoms with Crippen LogP contribution in [0.5, 0.6) is 0 Å². The molecule has 7 fully saturated rings. The van der Waals surface area contributed by atoms with Gasteiger partial charge in [0, 0.05) is 30.0 Å². The highest BCUT2D eigenvalue weighted by Crippen LogP contribution is 2.78. The molecule has 53 heavy (non-hydrogen) atoms. The van der Waals surface area contributed by atoms with Gasteiger partial charge in [0.05, 0.1) is 12.8 Å². The molecule has 2 unspecified atom stereocenters. The maximum Gasteiger partial charge on any atom is 0.306 e. The van der Waals surface area contributed by atoms with E-state index in [1.165, 1.54) is 50.5 Å². The quantitative estimate of drug-likeness (QED) is 0.181. The van der Waals surface area contributed by atoms with Gasteiger partial charge in [-0.1, -0.05) is 60.6 Å². The number of carbonyl (C=O) groups is 3. The molecule has 2 N–H and O–H groups in total. The minimum Gasteiger partial charge on any atom is -0.481 e. The summed E-state index contributed by atoms with van der Waals surface area (Å²) in [5, 5.41) is 13.0. The Bertz CT molecular complexity index is 1470. The zero-order chi connectivity index (χ0) is 38.5. The van der Waals surface area contributed by atoms with Crippen molar-refractivity contribution in [2.45, 2.75) is 189 Å². The van der Waals surface area contributed by atoms with E-state index in [-0.39, 0.29) is 52.0 Å². The molecule has 12 atom stereocenters. The van der Waals surface area contributed by atoms with E-state index in [0.29, 0.717) is 60.0 Å². The SMILES string of the molecule is C=C(C)[C@@H]1CC[C@]2(CC(=O)NC3CC4CCC(C3)N4C)CC[C@]3(C)[C@H](CC[C@@H]4[C@@]5(C)CC[C@H](OC(=O)CC(C)(C)CC(=O)O)C(C)(C)[C@@H]5CC[C@]43C)[C@@H]12. The number of nitrogens with zero attached hydrogens (tertiary/aromatic N) is 1. The molecule has 0 aromatic rings. The van der Waals surface area contributed by atoms with Crippen molar-refractivity contribution < 1.29 is 24.2 Å². The molecular weight excluding hydrogens is 661 g/mol. The smallest absolute Gasteiger partial charge is 0.306 e. The number of ether oxygens (including phenoxy) is 1. The molecule has 7 heteroatoms. The van der Waals surface area contributed by atoms with Gasteiger partial charge in [0.15, 0.2) is 0 Å². The van der Waals surface area contributed by atoms with Gasteiger partial charge in [-0.05, 0) is 161 Å². The highest BCUT2D eigenvalue weighted by molar-refractivity contribution is 5.77. The summed E-state index contributed by atoms with van der Waals surface area (Å²) in [5.74, 6) is 1.89. The number of fused-ring (bicyclic) bond motifs is 9. The van der Waals surface area contributed by atoms with Crippen molar-refractivity contribution in [2.75, 3.05) is 7.05 Å². The van der Waals surface area contributed by atoms with Crippen LogP contribution in [0.15, 0.2) is 12.2 Å². The Balaban J connectivity index is 1.09. The lowest BCUT2D eigenvalue weighted by molar-refractivity contribution is -0.250. The number of aliphatic carboxylic acids is 1. The van der Waals surface area contributed by atoms with Crippen LogP contribution in [0.25, 0.3) is 0 Å². The summed E-state index contributed by atoms with van der Waals surface area (Å²) in [7, 11) is 2.28. The molecule has 0 spiro atoms. The predicted octanol–water partition coefficient (Wildman–Crippen LogP) is 9.58. The second kappa shape index (κ2) is 13.4. The Morgan fingerprint density at radius 2 is 1.51 bits per heavy atom. The van der Waals surface area contributed by atoms with Gasteiger partial charge in [-0.15, -0.1) is 0 Å². The van der Waals surface area contributed by atoms with Crippen LogP contribution in [0.4, 0.5) is 0 Å². The van der Waals surface area contributed by atoms with Crippen molar-refractivity contribution in [3.8, 4) is 0 Å². The second-order valence-corrected chi connectivity index (χ2v) is 22.3. The van der Waals surface area contributed by atoms with Crippen molar-refractivity contribution in [2.24, 2.45) is 62.1 Å². The summed E-state index contributed by atoms with van der Waals surface area (Å²) in [5.41, 5.74) is 1.22. The first-order chi connectivity index (χ1) is 24.7. The zero-order valence-corrected chi connectivity index (χ0v) is 35.0. The molecule has 298 valence electrons. The Hall–Kier alpha value is -1.89. The molecule has 2 bridgehead atoms. The predicted molar refractivity (Wildman–Crippen MR) is 210 cm³/mol. The number of hydrogen-bond acceptors (Lipinski definition) is 5. The van der Waals surface area contributed by atoms with Crippen molar-refractivity contribution in [1.29, 1.82) is 0 Å². The zero-order valence-electron chi connectivity index (χ0n) is 35.0. The average molecular weight is 735 g/mol. The number of carboxylic acids is 1. The normalized spacial score (nSPS) is 45.9. The number of piperidine rings is 1. The van der Waals surface area contributed by atoms with Gasteiger partial charge in [0.2, 0.25) is 5.91 Å². The van der Waals surface area contributed by atoms with Crippen LogP contribution >= 0.6 is 0 Å². The number of esters is 1. The maximum absolute atomic E-state index is 14.1. The molecule has 5 aliphatic carbocycles. The van der Waals surface area contributed by atoms with E-state index < -0.39 is 11.4 Å². The average Bonchev–Trinajstić information content (AvgIpc) is 3.49. The molecule has 2 heterocycles. The monoisotopic (exact) mass is 735 g/mol. The van der Waals surface area contributed by atoms with Crippen LogP contribution in [0, 0.1) is 62.1 Å². The molecule has 7 rings (SSSR count). The van der Waals surface area contributed by atoms with E-state index in [1.807, 2.05) is 13.8 Å². The summed E-state index contributed by atoms with van der Waals surface area (Å²) in [4.78, 5) is 41.3. The molecular formula is C46H74N2O5. The third-order valence-corrected chi connectivity index (χ3v) is 18.7. The molecule has 0 aromatic carbocycles. The van der Waals surface area contributed by atoms with Gasteiger partial charge in [0.1, 0.15) is 6.10 Å². The van der Waals surface area contributed by atoms with E-state index in [1.54, 1.807) is 0 Å². The second-order valence-electron chi connectivity index (χ2n) is 22.3. The van der Waals surface area contributed by atoms with Gasteiger partial charge in [-0.2, -0.15) is 0 Å². The fourth-order valence-corrected chi connectivity index (χ4v) is 16.0. The number of rotatable bonds is 9. The van der Waals surface area contributed by atoms with Gasteiger partial charge in [0.25, 0.3) is 0 Å². The van der Waals surface area contributed by atoms with Gasteiger partial charge < -0.3 is 20.1 Å². The largest absolute Gasteiger partial charge is 0.481 e. The fourth-order valence-electron chi connectivity index (χ4n) is 16.0. The Morgan fingerprint density at radius 1 is 0.830 bits per heavy atom. The van der Waals surface area contributed by atoms with E-state index >= 15 is 0 Å². The highest BCUT2D eigenvalue weighted by Gasteiger charge is 2.71. The molecule has 2 aliphatic heterocycles. The van der Waals surface area contributed by atoms with E-state index in [0.717, 1.165) is 44.9 Å². The number of hydrogen-bond donors (Lipinski definition) is 2. The molecule has 0 radical (unpaired) electrons. The first-order valence-electron chi connectivity index (χ1n) is 21.7. The summed E-state index contributed by atoms with van der Waals surface area (Å²) in [6.07, 6.45) is 16.9. The Labute approximate surface area is 321 Å². The van der Waals surface area contributed by atoms with E-state index in [4.69, 9.17) is 4.74 Å². The Kier molecular flexibility index (Phi) is 9.92. The number of amides is 1. The molecule has 1 amide bonds. The van der Waals surface area contributed by atoms with Crippen molar-refractivity contribution in [1.82, 2.24) is 10.2 Å². The van der Waals surface area contributed by atoms with Gasteiger partial charge in [-0.3, -0.25) is 14.4 Å². The summed E-state index contributed by atoms with van der Waals surface area (Å²) in [6.45, 7) is 23.2. The lowest BCUT2D eigenvalue weighted by atomic mass is 9.32. The minimum absolute atomic E-state index is 0.0433. The fraction of sp³-hybridized carbons (Fsp3) is 0.891. The lowest BCUT2D eigenvalue weighted by Crippen LogP contribution is -2.67. The van der Waals surface area contributed by atoms with Crippen LogP contribution in [0.3, 0.4) is 0 Å². The third kappa shape index (κ3) is 6.35. The summed E-state index contributed by atoms with van der Waals surface area (Å²) < 4.78 is 6.30. The first kappa shape index (κ1) is 39.3. The van der Waals surface area contributed by atoms with Crippen LogP contribution in [-0.2, 0) is 19.1 Å². The summed E-state index contributed by atoms with van der Waals surface area (Å²) in [6, 6.07) is 1.59. The van der Waals surface area contributed by atoms with Gasteiger partial charge in [-0.25, -0.2) is 0 Å². The van der Waals surface area contributed by atoms with Crippen LogP contribution < -0.4 is 5.32 Å². The molecule has 7 nitrogen and oxygen atoms in total. The standard InChI is InChI=1S/C46H74N2O5/c1-28(2)32-15-20-46(25-37(49)47-29-23-30-11-12-31(24-29)48(30)10)22-21-44(8)33(40(32)46)13-14-35-43(7)18-17-36(42(5,6)34(43)16-19-45(35,44)9)53-39(52)27-41(3,4)26-38(50)51/h29-36,40H,1,11-27H2,2-10H3,(H,47,49)(H,50,51)/t29?,30?,31?,32-,33+,34-,35+,36-,40+,43-,44+,45+,46+/m0/s1. The molecule has 0 aromatic heterocycles. The van der Waals surface area contributed by atoms with E-state index in [9.17, 15) is 19.5 Å². The Morgan fingerprint density at radius 3 is 2.15 bits per heavy atom. The van der Waals surface area contributed by atoms with Crippen LogP contribution in [0.1, 0.15) is 165 Å². The molecule has 2 saturated heterocycles. The highest BCUT2D eigenvalue weighted by atomic mass is 16.5. The van der Waals surface area contributed by atoms with Crippen molar-refractivity contribution in [3.05, 3.63) is 12.2 Å². The lowest BCUT2D eigenvalue weighted by Gasteiger charge is -2.73. The van der Waals surface area contributed by atoms with Crippen LogP contribution in [0.2, 0.25) is 0 Å². The first-order valence-corrected chi connectivity index (χ1v) is 21.7. The van der Waals surface area contributed by atoms with Crippen LogP contribution in [-0.4, -0.2) is 59.1 Å². The van der Waals surface area contributed by atoms with E-state index in [2.05, 4.69) is 65.4 Å². The third-order valence-electron chi connectivity index (χ3n) is 18.7.